The molecule has 1 unspecified atom stereocenters. The van der Waals surface area contributed by atoms with Crippen molar-refractivity contribution < 1.29 is 4.74 Å². The normalized spacial score (nSPS) is 13.8. The number of anilines is 1. The third kappa shape index (κ3) is 4.23. The van der Waals surface area contributed by atoms with Crippen molar-refractivity contribution in [3.8, 4) is 0 Å². The lowest BCUT2D eigenvalue weighted by Gasteiger charge is -2.22. The molecule has 0 spiro atoms. The molecule has 0 aliphatic rings. The molecule has 1 rings (SSSR count). The van der Waals surface area contributed by atoms with Gasteiger partial charge in [0.05, 0.1) is 6.61 Å². The number of hydrogen-bond donors (Lipinski definition) is 1. The van der Waals surface area contributed by atoms with E-state index in [1.54, 1.807) is 7.11 Å². The first-order chi connectivity index (χ1) is 7.42. The molecule has 0 fully saturated rings. The minimum Gasteiger partial charge on any atom is -0.383 e. The highest BCUT2D eigenvalue weighted by Gasteiger charge is 2.14. The first kappa shape index (κ1) is 13.0. The van der Waals surface area contributed by atoms with Crippen LogP contribution in [0.2, 0.25) is 0 Å². The van der Waals surface area contributed by atoms with Gasteiger partial charge in [0.25, 0.3) is 0 Å². The molecule has 0 aliphatic carbocycles. The van der Waals surface area contributed by atoms with Gasteiger partial charge in [-0.3, -0.25) is 0 Å². The van der Waals surface area contributed by atoms with Gasteiger partial charge in [-0.25, -0.2) is 4.98 Å². The standard InChI is InChI=1S/C12H23N3O/c1-10(8-16-5)14-11-13-6-7-15(11)9-12(2,3)4/h6-7,10H,8-9H2,1-5H3,(H,13,14). The number of hydrogen-bond acceptors (Lipinski definition) is 3. The molecule has 1 N–H and O–H groups in total. The Hall–Kier alpha value is -1.03. The molecule has 16 heavy (non-hydrogen) atoms. The van der Waals surface area contributed by atoms with Crippen molar-refractivity contribution in [2.24, 2.45) is 5.41 Å². The van der Waals surface area contributed by atoms with Crippen LogP contribution in [0.4, 0.5) is 5.95 Å². The number of methoxy groups -OCH3 is 1. The smallest absolute Gasteiger partial charge is 0.203 e. The molecule has 0 bridgehead atoms. The Morgan fingerprint density at radius 2 is 2.19 bits per heavy atom. The van der Waals surface area contributed by atoms with Crippen LogP contribution < -0.4 is 5.32 Å². The zero-order chi connectivity index (χ0) is 12.2. The summed E-state index contributed by atoms with van der Waals surface area (Å²) in [6.45, 7) is 10.4. The van der Waals surface area contributed by atoms with E-state index < -0.39 is 0 Å². The van der Waals surface area contributed by atoms with Gasteiger partial charge < -0.3 is 14.6 Å². The van der Waals surface area contributed by atoms with Gasteiger partial charge >= 0.3 is 0 Å². The maximum atomic E-state index is 5.09. The quantitative estimate of drug-likeness (QED) is 0.836. The fraction of sp³-hybridized carbons (Fsp3) is 0.750. The van der Waals surface area contributed by atoms with E-state index in [-0.39, 0.29) is 11.5 Å². The highest BCUT2D eigenvalue weighted by molar-refractivity contribution is 5.27. The maximum absolute atomic E-state index is 5.09. The molecular formula is C12H23N3O. The van der Waals surface area contributed by atoms with Gasteiger partial charge in [0.2, 0.25) is 5.95 Å². The molecule has 0 amide bonds. The first-order valence-electron chi connectivity index (χ1n) is 5.69. The molecule has 0 aliphatic heterocycles. The predicted octanol–water partition coefficient (Wildman–Crippen LogP) is 2.38. The topological polar surface area (TPSA) is 39.1 Å². The van der Waals surface area contributed by atoms with Gasteiger partial charge in [0.15, 0.2) is 0 Å². The van der Waals surface area contributed by atoms with E-state index in [1.807, 2.05) is 12.4 Å². The molecule has 1 heterocycles. The monoisotopic (exact) mass is 225 g/mol. The minimum atomic E-state index is 0.252. The largest absolute Gasteiger partial charge is 0.383 e. The Morgan fingerprint density at radius 3 is 2.75 bits per heavy atom. The summed E-state index contributed by atoms with van der Waals surface area (Å²) in [5.41, 5.74) is 0.252. The van der Waals surface area contributed by atoms with Crippen LogP contribution >= 0.6 is 0 Å². The van der Waals surface area contributed by atoms with E-state index in [0.29, 0.717) is 6.61 Å². The molecule has 0 saturated heterocycles. The van der Waals surface area contributed by atoms with E-state index in [0.717, 1.165) is 12.5 Å². The minimum absolute atomic E-state index is 0.252. The average Bonchev–Trinajstić information content (AvgIpc) is 2.50. The predicted molar refractivity (Wildman–Crippen MR) is 66.6 cm³/mol. The van der Waals surface area contributed by atoms with E-state index in [2.05, 4.69) is 42.6 Å². The zero-order valence-corrected chi connectivity index (χ0v) is 10.9. The van der Waals surface area contributed by atoms with Crippen LogP contribution in [0, 0.1) is 5.41 Å². The molecular weight excluding hydrogens is 202 g/mol. The maximum Gasteiger partial charge on any atom is 0.203 e. The lowest BCUT2D eigenvalue weighted by molar-refractivity contribution is 0.190. The van der Waals surface area contributed by atoms with Gasteiger partial charge in [-0.15, -0.1) is 0 Å². The SMILES string of the molecule is COCC(C)Nc1nccn1CC(C)(C)C. The summed E-state index contributed by atoms with van der Waals surface area (Å²) in [5, 5.41) is 3.34. The van der Waals surface area contributed by atoms with Gasteiger partial charge in [0.1, 0.15) is 0 Å². The third-order valence-corrected chi connectivity index (χ3v) is 2.15. The van der Waals surface area contributed by atoms with Crippen LogP contribution in [0.15, 0.2) is 12.4 Å². The number of nitrogens with zero attached hydrogens (tertiary/aromatic N) is 2. The van der Waals surface area contributed by atoms with Crippen molar-refractivity contribution in [1.82, 2.24) is 9.55 Å². The lowest BCUT2D eigenvalue weighted by atomic mass is 9.97. The van der Waals surface area contributed by atoms with Gasteiger partial charge in [0, 0.05) is 32.1 Å². The number of ether oxygens (including phenoxy) is 1. The molecule has 4 heteroatoms. The number of aromatic nitrogens is 2. The van der Waals surface area contributed by atoms with Crippen molar-refractivity contribution in [2.75, 3.05) is 19.0 Å². The summed E-state index contributed by atoms with van der Waals surface area (Å²) in [6.07, 6.45) is 3.83. The van der Waals surface area contributed by atoms with E-state index in [4.69, 9.17) is 4.74 Å². The Labute approximate surface area is 98.0 Å². The summed E-state index contributed by atoms with van der Waals surface area (Å²) in [7, 11) is 1.71. The zero-order valence-electron chi connectivity index (χ0n) is 10.9. The molecule has 0 aromatic carbocycles. The Balaban J connectivity index is 2.63. The first-order valence-corrected chi connectivity index (χ1v) is 5.69. The Morgan fingerprint density at radius 1 is 1.50 bits per heavy atom. The summed E-state index contributed by atoms with van der Waals surface area (Å²) < 4.78 is 7.24. The van der Waals surface area contributed by atoms with Crippen LogP contribution in [-0.2, 0) is 11.3 Å². The number of nitrogens with one attached hydrogen (secondary N) is 1. The second-order valence-corrected chi connectivity index (χ2v) is 5.44. The Bertz CT molecular complexity index is 314. The van der Waals surface area contributed by atoms with Crippen molar-refractivity contribution in [3.63, 3.8) is 0 Å². The van der Waals surface area contributed by atoms with Crippen LogP contribution in [0.25, 0.3) is 0 Å². The van der Waals surface area contributed by atoms with Crippen molar-refractivity contribution in [1.29, 1.82) is 0 Å². The van der Waals surface area contributed by atoms with E-state index in [1.165, 1.54) is 0 Å². The highest BCUT2D eigenvalue weighted by atomic mass is 16.5. The molecule has 1 atom stereocenters. The number of imidazole rings is 1. The highest BCUT2D eigenvalue weighted by Crippen LogP contribution is 2.19. The van der Waals surface area contributed by atoms with Gasteiger partial charge in [-0.2, -0.15) is 0 Å². The second-order valence-electron chi connectivity index (χ2n) is 5.44. The Kier molecular flexibility index (Phi) is 4.35. The molecule has 1 aromatic heterocycles. The van der Waals surface area contributed by atoms with Gasteiger partial charge in [-0.1, -0.05) is 20.8 Å². The molecule has 4 nitrogen and oxygen atoms in total. The van der Waals surface area contributed by atoms with Crippen molar-refractivity contribution in [3.05, 3.63) is 12.4 Å². The van der Waals surface area contributed by atoms with E-state index in [9.17, 15) is 0 Å². The summed E-state index contributed by atoms with van der Waals surface area (Å²) in [4.78, 5) is 4.32. The van der Waals surface area contributed by atoms with Crippen LogP contribution in [0.3, 0.4) is 0 Å². The lowest BCUT2D eigenvalue weighted by Crippen LogP contribution is -2.24. The second kappa shape index (κ2) is 5.34. The summed E-state index contributed by atoms with van der Waals surface area (Å²) in [6, 6.07) is 0.270. The molecule has 1 aromatic rings. The third-order valence-electron chi connectivity index (χ3n) is 2.15. The molecule has 92 valence electrons. The van der Waals surface area contributed by atoms with E-state index >= 15 is 0 Å². The van der Waals surface area contributed by atoms with Crippen LogP contribution in [0.5, 0.6) is 0 Å². The van der Waals surface area contributed by atoms with Crippen LogP contribution in [-0.4, -0.2) is 29.3 Å². The van der Waals surface area contributed by atoms with Crippen molar-refractivity contribution >= 4 is 5.95 Å². The van der Waals surface area contributed by atoms with Crippen LogP contribution in [0.1, 0.15) is 27.7 Å². The van der Waals surface area contributed by atoms with Gasteiger partial charge in [-0.05, 0) is 12.3 Å². The molecule has 0 radical (unpaired) electrons. The summed E-state index contributed by atoms with van der Waals surface area (Å²) >= 11 is 0. The fourth-order valence-electron chi connectivity index (χ4n) is 1.60. The fourth-order valence-corrected chi connectivity index (χ4v) is 1.60. The molecule has 0 saturated carbocycles. The average molecular weight is 225 g/mol. The van der Waals surface area contributed by atoms with Crippen molar-refractivity contribution in [2.45, 2.75) is 40.3 Å². The summed E-state index contributed by atoms with van der Waals surface area (Å²) in [5.74, 6) is 0.916. The number of rotatable bonds is 5.